The average Bonchev–Trinajstić information content (AvgIpc) is 2.76. The standard InChI is InChI=1S/C24H47O5PS/c1-3-5-6-7-8-9-10-11-12-13-14-15-16-17-18-19-20-21-22-23-27-30(26,31)29-28-24(25)4-2/h4H,2-3,5-23H2,1H3,(H,26,31). The maximum Gasteiger partial charge on any atom is 0.365 e. The first kappa shape index (κ1) is 30.7. The molecule has 0 bridgehead atoms. The van der Waals surface area contributed by atoms with E-state index in [1.165, 1.54) is 103 Å². The Hall–Kier alpha value is -0.260. The number of carbonyl (C=O) groups excluding carboxylic acids is 1. The SMILES string of the molecule is C=CC(=O)OOP(O)(=S)OCCCCCCCCCCCCCCCCCCCCC. The first-order valence-corrected chi connectivity index (χ1v) is 15.1. The molecule has 0 aromatic rings. The lowest BCUT2D eigenvalue weighted by Crippen LogP contribution is -2.02. The third kappa shape index (κ3) is 24.2. The molecule has 0 heterocycles. The molecule has 0 spiro atoms. The van der Waals surface area contributed by atoms with Crippen molar-refractivity contribution >= 4 is 24.5 Å². The van der Waals surface area contributed by atoms with Crippen molar-refractivity contribution in [2.75, 3.05) is 6.61 Å². The molecule has 0 aliphatic rings. The van der Waals surface area contributed by atoms with E-state index in [1.807, 2.05) is 0 Å². The normalized spacial score (nSPS) is 13.1. The van der Waals surface area contributed by atoms with Gasteiger partial charge in [-0.05, 0) is 18.2 Å². The van der Waals surface area contributed by atoms with Crippen molar-refractivity contribution in [2.24, 2.45) is 0 Å². The molecule has 7 heteroatoms. The zero-order chi connectivity index (χ0) is 23.0. The monoisotopic (exact) mass is 478 g/mol. The molecule has 0 aromatic heterocycles. The Labute approximate surface area is 196 Å². The molecule has 0 saturated carbocycles. The van der Waals surface area contributed by atoms with E-state index in [0.717, 1.165) is 25.3 Å². The van der Waals surface area contributed by atoms with Crippen LogP contribution in [0.5, 0.6) is 0 Å². The number of hydrogen-bond donors (Lipinski definition) is 1. The van der Waals surface area contributed by atoms with E-state index in [0.29, 0.717) is 6.61 Å². The Balaban J connectivity index is 3.22. The van der Waals surface area contributed by atoms with Crippen LogP contribution in [0.4, 0.5) is 0 Å². The van der Waals surface area contributed by atoms with Crippen molar-refractivity contribution in [3.63, 3.8) is 0 Å². The van der Waals surface area contributed by atoms with Crippen molar-refractivity contribution in [3.8, 4) is 0 Å². The predicted octanol–water partition coefficient (Wildman–Crippen LogP) is 8.31. The second-order valence-corrected chi connectivity index (χ2v) is 11.1. The lowest BCUT2D eigenvalue weighted by molar-refractivity contribution is -0.212. The van der Waals surface area contributed by atoms with Gasteiger partial charge in [-0.3, -0.25) is 4.89 Å². The molecule has 0 rings (SSSR count). The van der Waals surface area contributed by atoms with Crippen molar-refractivity contribution in [1.29, 1.82) is 0 Å². The van der Waals surface area contributed by atoms with Crippen molar-refractivity contribution in [2.45, 2.75) is 129 Å². The summed E-state index contributed by atoms with van der Waals surface area (Å²) in [5, 5.41) is 0. The Morgan fingerprint density at radius 2 is 1.13 bits per heavy atom. The molecule has 5 nitrogen and oxygen atoms in total. The molecule has 0 aromatic carbocycles. The van der Waals surface area contributed by atoms with Crippen LogP contribution in [0.1, 0.15) is 129 Å². The minimum atomic E-state index is -3.51. The molecule has 31 heavy (non-hydrogen) atoms. The van der Waals surface area contributed by atoms with Crippen LogP contribution in [0, 0.1) is 0 Å². The maximum atomic E-state index is 10.9. The van der Waals surface area contributed by atoms with Gasteiger partial charge in [-0.25, -0.2) is 4.79 Å². The Morgan fingerprint density at radius 1 is 0.774 bits per heavy atom. The van der Waals surface area contributed by atoms with Crippen LogP contribution in [0.3, 0.4) is 0 Å². The van der Waals surface area contributed by atoms with Gasteiger partial charge in [-0.2, -0.15) is 0 Å². The highest BCUT2D eigenvalue weighted by Gasteiger charge is 2.18. The van der Waals surface area contributed by atoms with Crippen LogP contribution in [0.15, 0.2) is 12.7 Å². The zero-order valence-corrected chi connectivity index (χ0v) is 21.6. The summed E-state index contributed by atoms with van der Waals surface area (Å²) in [6.07, 6.45) is 26.1. The fourth-order valence-electron chi connectivity index (χ4n) is 3.50. The first-order valence-electron chi connectivity index (χ1n) is 12.5. The molecule has 1 atom stereocenters. The summed E-state index contributed by atoms with van der Waals surface area (Å²) in [6.45, 7) is 2.29. The minimum Gasteiger partial charge on any atom is -0.322 e. The van der Waals surface area contributed by atoms with Gasteiger partial charge in [-0.1, -0.05) is 134 Å². The summed E-state index contributed by atoms with van der Waals surface area (Å²) < 4.78 is 9.57. The second kappa shape index (κ2) is 22.9. The van der Waals surface area contributed by atoms with Gasteiger partial charge in [0.15, 0.2) is 0 Å². The van der Waals surface area contributed by atoms with Crippen molar-refractivity contribution in [1.82, 2.24) is 0 Å². The number of rotatable bonds is 24. The topological polar surface area (TPSA) is 65.0 Å². The van der Waals surface area contributed by atoms with Crippen LogP contribution in [-0.4, -0.2) is 17.5 Å². The van der Waals surface area contributed by atoms with Gasteiger partial charge >= 0.3 is 12.7 Å². The fraction of sp³-hybridized carbons (Fsp3) is 0.875. The third-order valence-electron chi connectivity index (χ3n) is 5.38. The summed E-state index contributed by atoms with van der Waals surface area (Å²) in [5.74, 6) is -0.810. The van der Waals surface area contributed by atoms with E-state index in [2.05, 4.69) is 23.1 Å². The Kier molecular flexibility index (Phi) is 22.7. The van der Waals surface area contributed by atoms with Gasteiger partial charge in [0.05, 0.1) is 6.61 Å². The van der Waals surface area contributed by atoms with Crippen LogP contribution < -0.4 is 0 Å². The Bertz CT molecular complexity index is 473. The predicted molar refractivity (Wildman–Crippen MR) is 133 cm³/mol. The molecule has 0 radical (unpaired) electrons. The van der Waals surface area contributed by atoms with E-state index >= 15 is 0 Å². The van der Waals surface area contributed by atoms with E-state index < -0.39 is 12.7 Å². The van der Waals surface area contributed by atoms with Gasteiger partial charge in [0, 0.05) is 6.08 Å². The third-order valence-corrected chi connectivity index (χ3v) is 6.65. The number of hydrogen-bond acceptors (Lipinski definition) is 5. The molecular formula is C24H47O5PS. The summed E-state index contributed by atoms with van der Waals surface area (Å²) in [5.41, 5.74) is 0. The molecule has 0 aliphatic carbocycles. The first-order chi connectivity index (χ1) is 15.0. The smallest absolute Gasteiger partial charge is 0.322 e. The summed E-state index contributed by atoms with van der Waals surface area (Å²) >= 11 is 4.74. The van der Waals surface area contributed by atoms with Gasteiger partial charge in [0.25, 0.3) is 0 Å². The maximum absolute atomic E-state index is 10.9. The fourth-order valence-corrected chi connectivity index (χ4v) is 4.39. The highest BCUT2D eigenvalue weighted by Crippen LogP contribution is 2.44. The number of unbranched alkanes of at least 4 members (excludes halogenated alkanes) is 18. The summed E-state index contributed by atoms with van der Waals surface area (Å²) in [7, 11) is 0. The average molecular weight is 479 g/mol. The van der Waals surface area contributed by atoms with E-state index in [1.54, 1.807) is 0 Å². The van der Waals surface area contributed by atoms with Gasteiger partial charge in [0.2, 0.25) is 0 Å². The molecule has 1 N–H and O–H groups in total. The quantitative estimate of drug-likeness (QED) is 0.0495. The molecule has 0 amide bonds. The van der Waals surface area contributed by atoms with Gasteiger partial charge in [-0.15, -0.1) is 0 Å². The zero-order valence-electron chi connectivity index (χ0n) is 19.9. The minimum absolute atomic E-state index is 0.304. The lowest BCUT2D eigenvalue weighted by atomic mass is 10.0. The highest BCUT2D eigenvalue weighted by molar-refractivity contribution is 8.07. The van der Waals surface area contributed by atoms with E-state index in [-0.39, 0.29) is 0 Å². The summed E-state index contributed by atoms with van der Waals surface area (Å²) in [6, 6.07) is 0. The van der Waals surface area contributed by atoms with Crippen LogP contribution in [-0.2, 0) is 30.7 Å². The molecule has 1 unspecified atom stereocenters. The van der Waals surface area contributed by atoms with Gasteiger partial charge < -0.3 is 9.42 Å². The largest absolute Gasteiger partial charge is 0.365 e. The number of carbonyl (C=O) groups is 1. The van der Waals surface area contributed by atoms with Crippen LogP contribution >= 0.6 is 6.72 Å². The molecule has 0 saturated heterocycles. The molecular weight excluding hydrogens is 431 g/mol. The van der Waals surface area contributed by atoms with Crippen molar-refractivity contribution < 1.29 is 23.8 Å². The molecule has 0 fully saturated rings. The highest BCUT2D eigenvalue weighted by atomic mass is 32.5. The van der Waals surface area contributed by atoms with Crippen molar-refractivity contribution in [3.05, 3.63) is 12.7 Å². The second-order valence-electron chi connectivity index (χ2n) is 8.35. The summed E-state index contributed by atoms with van der Waals surface area (Å²) in [4.78, 5) is 24.8. The van der Waals surface area contributed by atoms with Crippen LogP contribution in [0.2, 0.25) is 0 Å². The molecule has 184 valence electrons. The van der Waals surface area contributed by atoms with Gasteiger partial charge in [0.1, 0.15) is 0 Å². The Morgan fingerprint density at radius 3 is 1.48 bits per heavy atom. The van der Waals surface area contributed by atoms with E-state index in [4.69, 9.17) is 16.3 Å². The molecule has 0 aliphatic heterocycles. The van der Waals surface area contributed by atoms with E-state index in [9.17, 15) is 9.69 Å². The van der Waals surface area contributed by atoms with Crippen LogP contribution in [0.25, 0.3) is 0 Å². The lowest BCUT2D eigenvalue weighted by Gasteiger charge is -2.13.